The molecule has 0 unspecified atom stereocenters. The van der Waals surface area contributed by atoms with Gasteiger partial charge in [-0.15, -0.1) is 0 Å². The zero-order valence-electron chi connectivity index (χ0n) is 20.0. The Morgan fingerprint density at radius 1 is 0.971 bits per heavy atom. The summed E-state index contributed by atoms with van der Waals surface area (Å²) in [4.78, 5) is 13.4. The second-order valence-corrected chi connectivity index (χ2v) is 11.2. The monoisotopic (exact) mass is 498 g/mol. The second-order valence-electron chi connectivity index (χ2n) is 8.92. The van der Waals surface area contributed by atoms with Crippen molar-refractivity contribution >= 4 is 33.2 Å². The zero-order chi connectivity index (χ0) is 24.9. The molecule has 3 aromatic rings. The van der Waals surface area contributed by atoms with Gasteiger partial charge in [-0.2, -0.15) is 0 Å². The molecule has 0 aliphatic carbocycles. The number of carbonyl (C=O) groups is 1. The van der Waals surface area contributed by atoms with Crippen molar-refractivity contribution in [1.29, 1.82) is 0 Å². The highest BCUT2D eigenvalue weighted by Gasteiger charge is 2.29. The molecule has 1 N–H and O–H groups in total. The molecule has 3 aromatic carbocycles. The number of benzene rings is 3. The minimum atomic E-state index is -4.00. The van der Waals surface area contributed by atoms with Crippen LogP contribution in [-0.4, -0.2) is 20.9 Å². The first-order valence-corrected chi connectivity index (χ1v) is 13.1. The first kappa shape index (κ1) is 25.8. The van der Waals surface area contributed by atoms with E-state index in [0.29, 0.717) is 22.2 Å². The molecule has 34 heavy (non-hydrogen) atoms. The molecule has 7 heteroatoms. The van der Waals surface area contributed by atoms with Gasteiger partial charge in [0.1, 0.15) is 6.54 Å². The van der Waals surface area contributed by atoms with E-state index in [9.17, 15) is 13.2 Å². The van der Waals surface area contributed by atoms with E-state index in [0.717, 1.165) is 21.9 Å². The van der Waals surface area contributed by atoms with Gasteiger partial charge >= 0.3 is 0 Å². The molecule has 180 valence electrons. The van der Waals surface area contributed by atoms with Crippen LogP contribution in [0.1, 0.15) is 43.0 Å². The first-order chi connectivity index (χ1) is 16.1. The van der Waals surface area contributed by atoms with Gasteiger partial charge in [-0.1, -0.05) is 73.5 Å². The molecule has 0 saturated carbocycles. The Morgan fingerprint density at radius 3 is 2.21 bits per heavy atom. The number of hydrogen-bond donors (Lipinski definition) is 1. The van der Waals surface area contributed by atoms with Gasteiger partial charge in [0.25, 0.3) is 10.0 Å². The van der Waals surface area contributed by atoms with E-state index < -0.39 is 10.0 Å². The Morgan fingerprint density at radius 2 is 1.62 bits per heavy atom. The predicted octanol–water partition coefficient (Wildman–Crippen LogP) is 6.06. The average molecular weight is 499 g/mol. The fraction of sp³-hybridized carbons (Fsp3) is 0.296. The van der Waals surface area contributed by atoms with Crippen LogP contribution in [0, 0.1) is 19.8 Å². The lowest BCUT2D eigenvalue weighted by molar-refractivity contribution is -0.120. The number of hydrogen-bond acceptors (Lipinski definition) is 3. The van der Waals surface area contributed by atoms with E-state index in [-0.39, 0.29) is 23.4 Å². The van der Waals surface area contributed by atoms with Crippen LogP contribution in [-0.2, 0) is 14.8 Å². The molecule has 1 amide bonds. The zero-order valence-corrected chi connectivity index (χ0v) is 21.5. The minimum absolute atomic E-state index is 0.127. The van der Waals surface area contributed by atoms with Crippen molar-refractivity contribution in [2.75, 3.05) is 10.8 Å². The molecule has 0 bridgehead atoms. The molecule has 0 aliphatic heterocycles. The summed E-state index contributed by atoms with van der Waals surface area (Å²) in [7, 11) is -4.00. The number of carbonyl (C=O) groups excluding carboxylic acids is 1. The highest BCUT2D eigenvalue weighted by Crippen LogP contribution is 2.29. The van der Waals surface area contributed by atoms with Gasteiger partial charge in [0.15, 0.2) is 0 Å². The predicted molar refractivity (Wildman–Crippen MR) is 139 cm³/mol. The van der Waals surface area contributed by atoms with E-state index in [1.807, 2.05) is 37.3 Å². The molecule has 0 saturated heterocycles. The van der Waals surface area contributed by atoms with E-state index in [2.05, 4.69) is 19.2 Å². The number of nitrogens with one attached hydrogen (secondary N) is 1. The quantitative estimate of drug-likeness (QED) is 0.390. The van der Waals surface area contributed by atoms with Crippen molar-refractivity contribution in [3.63, 3.8) is 0 Å². The highest BCUT2D eigenvalue weighted by molar-refractivity contribution is 7.92. The van der Waals surface area contributed by atoms with Gasteiger partial charge in [-0.25, -0.2) is 8.42 Å². The Kier molecular flexibility index (Phi) is 8.39. The molecule has 5 nitrogen and oxygen atoms in total. The van der Waals surface area contributed by atoms with E-state index in [4.69, 9.17) is 11.6 Å². The largest absolute Gasteiger partial charge is 0.348 e. The van der Waals surface area contributed by atoms with Gasteiger partial charge in [0.05, 0.1) is 16.6 Å². The van der Waals surface area contributed by atoms with Crippen LogP contribution in [0.3, 0.4) is 0 Å². The summed E-state index contributed by atoms with van der Waals surface area (Å²) in [5.74, 6) is -0.0315. The number of halogens is 1. The van der Waals surface area contributed by atoms with E-state index >= 15 is 0 Å². The summed E-state index contributed by atoms with van der Waals surface area (Å²) in [6, 6.07) is 21.1. The van der Waals surface area contributed by atoms with Crippen molar-refractivity contribution in [2.24, 2.45) is 5.92 Å². The number of rotatable bonds is 9. The van der Waals surface area contributed by atoms with Crippen LogP contribution < -0.4 is 9.62 Å². The van der Waals surface area contributed by atoms with Crippen LogP contribution in [0.15, 0.2) is 77.7 Å². The number of sulfonamides is 1. The SMILES string of the molecule is Cc1ccc(S(=O)(=O)N(CC(=O)N[C@@H](CC(C)C)c2ccccc2)c2ccc(Cl)cc2C)cc1. The first-order valence-electron chi connectivity index (χ1n) is 11.3. The molecule has 0 spiro atoms. The van der Waals surface area contributed by atoms with Gasteiger partial charge < -0.3 is 5.32 Å². The van der Waals surface area contributed by atoms with E-state index in [1.165, 1.54) is 0 Å². The smallest absolute Gasteiger partial charge is 0.264 e. The molecule has 1 atom stereocenters. The molecule has 0 aliphatic rings. The van der Waals surface area contributed by atoms with Crippen LogP contribution in [0.4, 0.5) is 5.69 Å². The fourth-order valence-electron chi connectivity index (χ4n) is 3.84. The summed E-state index contributed by atoms with van der Waals surface area (Å²) in [6.07, 6.45) is 0.737. The third-order valence-corrected chi connectivity index (χ3v) is 7.58. The molecular formula is C27H31ClN2O3S. The minimum Gasteiger partial charge on any atom is -0.348 e. The molecule has 0 fully saturated rings. The van der Waals surface area contributed by atoms with Crippen LogP contribution >= 0.6 is 11.6 Å². The maximum atomic E-state index is 13.7. The lowest BCUT2D eigenvalue weighted by Gasteiger charge is -2.27. The standard InChI is InChI=1S/C27H31ClN2O3S/c1-19(2)16-25(22-8-6-5-7-9-22)29-27(31)18-30(26-15-12-23(28)17-21(26)4)34(32,33)24-13-10-20(3)11-14-24/h5-15,17,19,25H,16,18H2,1-4H3,(H,29,31)/t25-/m0/s1. The Labute approximate surface area is 207 Å². The summed E-state index contributed by atoms with van der Waals surface area (Å²) >= 11 is 6.11. The molecule has 0 aromatic heterocycles. The number of amides is 1. The topological polar surface area (TPSA) is 66.5 Å². The maximum Gasteiger partial charge on any atom is 0.264 e. The van der Waals surface area contributed by atoms with Crippen LogP contribution in [0.5, 0.6) is 0 Å². The Hall–Kier alpha value is -2.83. The average Bonchev–Trinajstić information content (AvgIpc) is 2.78. The lowest BCUT2D eigenvalue weighted by atomic mass is 9.97. The summed E-state index contributed by atoms with van der Waals surface area (Å²) in [5, 5.41) is 3.56. The number of nitrogens with zero attached hydrogens (tertiary/aromatic N) is 1. The summed E-state index contributed by atoms with van der Waals surface area (Å²) < 4.78 is 28.5. The molecular weight excluding hydrogens is 468 g/mol. The summed E-state index contributed by atoms with van der Waals surface area (Å²) in [6.45, 7) is 7.51. The third kappa shape index (κ3) is 6.39. The lowest BCUT2D eigenvalue weighted by Crippen LogP contribution is -2.42. The fourth-order valence-corrected chi connectivity index (χ4v) is 5.55. The van der Waals surface area contributed by atoms with Crippen molar-refractivity contribution in [3.05, 3.63) is 94.5 Å². The highest BCUT2D eigenvalue weighted by atomic mass is 35.5. The van der Waals surface area contributed by atoms with Gasteiger partial charge in [0.2, 0.25) is 5.91 Å². The normalized spacial score (nSPS) is 12.4. The van der Waals surface area contributed by atoms with Crippen LogP contribution in [0.2, 0.25) is 5.02 Å². The van der Waals surface area contributed by atoms with E-state index in [1.54, 1.807) is 49.4 Å². The third-order valence-electron chi connectivity index (χ3n) is 5.57. The molecule has 0 heterocycles. The van der Waals surface area contributed by atoms with Crippen molar-refractivity contribution in [1.82, 2.24) is 5.32 Å². The van der Waals surface area contributed by atoms with Gasteiger partial charge in [-0.05, 0) is 67.6 Å². The number of anilines is 1. The van der Waals surface area contributed by atoms with Crippen molar-refractivity contribution < 1.29 is 13.2 Å². The van der Waals surface area contributed by atoms with Crippen LogP contribution in [0.25, 0.3) is 0 Å². The number of aryl methyl sites for hydroxylation is 2. The Bertz CT molecular complexity index is 1230. The van der Waals surface area contributed by atoms with Crippen molar-refractivity contribution in [3.8, 4) is 0 Å². The molecule has 3 rings (SSSR count). The van der Waals surface area contributed by atoms with Gasteiger partial charge in [-0.3, -0.25) is 9.10 Å². The summed E-state index contributed by atoms with van der Waals surface area (Å²) in [5.41, 5.74) is 3.02. The molecule has 0 radical (unpaired) electrons. The maximum absolute atomic E-state index is 13.7. The Balaban J connectivity index is 1.96. The second kappa shape index (κ2) is 11.1. The van der Waals surface area contributed by atoms with Crippen molar-refractivity contribution in [2.45, 2.75) is 45.1 Å². The van der Waals surface area contributed by atoms with Gasteiger partial charge in [0, 0.05) is 5.02 Å².